The number of likely N-dealkylation sites (tertiary alicyclic amines) is 1. The van der Waals surface area contributed by atoms with Crippen molar-refractivity contribution in [1.29, 1.82) is 0 Å². The average molecular weight is 682 g/mol. The Morgan fingerprint density at radius 3 is 2.46 bits per heavy atom. The van der Waals surface area contributed by atoms with Crippen molar-refractivity contribution in [2.45, 2.75) is 77.2 Å². The van der Waals surface area contributed by atoms with E-state index >= 15 is 0 Å². The van der Waals surface area contributed by atoms with Crippen LogP contribution in [0.5, 0.6) is 0 Å². The molecule has 0 spiro atoms. The SMILES string of the molecule is Cc1cn2nc([C@H](C)N(C)C(=O)C3(c4ccccc4)CCN(C(=O)OCc4ccccc4)C3)cc2nc1N1CC[C@H](NC(=O)OC(C)(C)C)C1. The summed E-state index contributed by atoms with van der Waals surface area (Å²) in [6.07, 6.45) is 2.36. The van der Waals surface area contributed by atoms with E-state index in [9.17, 15) is 14.4 Å². The molecule has 3 atom stereocenters. The smallest absolute Gasteiger partial charge is 0.410 e. The predicted molar refractivity (Wildman–Crippen MR) is 190 cm³/mol. The Labute approximate surface area is 293 Å². The summed E-state index contributed by atoms with van der Waals surface area (Å²) in [6, 6.07) is 20.8. The highest BCUT2D eigenvalue weighted by atomic mass is 16.6. The monoisotopic (exact) mass is 681 g/mol. The molecule has 1 unspecified atom stereocenters. The van der Waals surface area contributed by atoms with E-state index in [1.165, 1.54) is 0 Å². The summed E-state index contributed by atoms with van der Waals surface area (Å²) in [7, 11) is 1.80. The number of amides is 3. The van der Waals surface area contributed by atoms with Gasteiger partial charge in [-0.05, 0) is 58.6 Å². The molecule has 1 N–H and O–H groups in total. The van der Waals surface area contributed by atoms with Gasteiger partial charge in [-0.25, -0.2) is 19.1 Å². The molecule has 2 saturated heterocycles. The molecular weight excluding hydrogens is 634 g/mol. The van der Waals surface area contributed by atoms with Crippen LogP contribution < -0.4 is 10.2 Å². The third-order valence-electron chi connectivity index (χ3n) is 9.63. The van der Waals surface area contributed by atoms with Crippen LogP contribution in [-0.2, 0) is 26.3 Å². The van der Waals surface area contributed by atoms with Gasteiger partial charge >= 0.3 is 12.2 Å². The molecule has 2 aromatic carbocycles. The van der Waals surface area contributed by atoms with Gasteiger partial charge in [0.25, 0.3) is 0 Å². The Morgan fingerprint density at radius 1 is 1.06 bits per heavy atom. The molecule has 50 heavy (non-hydrogen) atoms. The first kappa shape index (κ1) is 34.7. The number of likely N-dealkylation sites (N-methyl/N-ethyl adjacent to an activating group) is 1. The Hall–Kier alpha value is -5.13. The highest BCUT2D eigenvalue weighted by Gasteiger charge is 2.49. The van der Waals surface area contributed by atoms with Crippen LogP contribution in [0, 0.1) is 6.92 Å². The van der Waals surface area contributed by atoms with Crippen molar-refractivity contribution in [3.63, 3.8) is 0 Å². The second-order valence-corrected chi connectivity index (χ2v) is 14.4. The van der Waals surface area contributed by atoms with Gasteiger partial charge < -0.3 is 29.5 Å². The predicted octanol–water partition coefficient (Wildman–Crippen LogP) is 5.64. The first-order chi connectivity index (χ1) is 23.8. The maximum absolute atomic E-state index is 14.6. The average Bonchev–Trinajstić information content (AvgIpc) is 3.85. The van der Waals surface area contributed by atoms with Crippen LogP contribution in [0.25, 0.3) is 5.65 Å². The van der Waals surface area contributed by atoms with Gasteiger partial charge in [0.15, 0.2) is 5.65 Å². The quantitative estimate of drug-likeness (QED) is 0.254. The molecule has 2 aliphatic rings. The van der Waals surface area contributed by atoms with Gasteiger partial charge in [0, 0.05) is 51.1 Å². The molecule has 0 aliphatic carbocycles. The minimum absolute atomic E-state index is 0.0448. The lowest BCUT2D eigenvalue weighted by Crippen LogP contribution is -2.48. The van der Waals surface area contributed by atoms with Gasteiger partial charge in [-0.2, -0.15) is 5.10 Å². The zero-order valence-corrected chi connectivity index (χ0v) is 29.8. The zero-order chi connectivity index (χ0) is 35.6. The van der Waals surface area contributed by atoms with E-state index in [1.807, 2.05) is 108 Å². The van der Waals surface area contributed by atoms with Crippen molar-refractivity contribution >= 4 is 29.6 Å². The summed E-state index contributed by atoms with van der Waals surface area (Å²) in [6.45, 7) is 11.7. The van der Waals surface area contributed by atoms with Gasteiger partial charge in [0.05, 0.1) is 23.2 Å². The topological polar surface area (TPSA) is 122 Å². The molecule has 264 valence electrons. The number of fused-ring (bicyclic) bond motifs is 1. The van der Waals surface area contributed by atoms with Crippen molar-refractivity contribution in [2.24, 2.45) is 0 Å². The summed E-state index contributed by atoms with van der Waals surface area (Å²) in [4.78, 5) is 50.6. The summed E-state index contributed by atoms with van der Waals surface area (Å²) >= 11 is 0. The number of nitrogens with zero attached hydrogens (tertiary/aromatic N) is 6. The number of alkyl carbamates (subject to hydrolysis) is 1. The number of anilines is 1. The van der Waals surface area contributed by atoms with Crippen LogP contribution in [-0.4, -0.2) is 87.4 Å². The summed E-state index contributed by atoms with van der Waals surface area (Å²) < 4.78 is 12.8. The second kappa shape index (κ2) is 14.0. The summed E-state index contributed by atoms with van der Waals surface area (Å²) in [5.74, 6) is 0.750. The van der Waals surface area contributed by atoms with Crippen LogP contribution in [0.3, 0.4) is 0 Å². The van der Waals surface area contributed by atoms with Gasteiger partial charge in [-0.1, -0.05) is 60.7 Å². The van der Waals surface area contributed by atoms with Crippen LogP contribution in [0.4, 0.5) is 15.4 Å². The molecule has 4 aromatic rings. The Morgan fingerprint density at radius 2 is 1.76 bits per heavy atom. The number of rotatable bonds is 8. The number of hydrogen-bond acceptors (Lipinski definition) is 8. The Bertz CT molecular complexity index is 1840. The van der Waals surface area contributed by atoms with Crippen LogP contribution in [0.15, 0.2) is 72.9 Å². The van der Waals surface area contributed by atoms with Crippen molar-refractivity contribution < 1.29 is 23.9 Å². The van der Waals surface area contributed by atoms with E-state index in [0.29, 0.717) is 30.9 Å². The van der Waals surface area contributed by atoms with E-state index in [4.69, 9.17) is 19.6 Å². The molecule has 2 aliphatic heterocycles. The fourth-order valence-corrected chi connectivity index (χ4v) is 6.87. The molecule has 0 bridgehead atoms. The maximum Gasteiger partial charge on any atom is 0.410 e. The minimum Gasteiger partial charge on any atom is -0.445 e. The second-order valence-electron chi connectivity index (χ2n) is 14.4. The number of benzene rings is 2. The van der Waals surface area contributed by atoms with Crippen LogP contribution >= 0.6 is 0 Å². The number of aromatic nitrogens is 3. The molecule has 6 rings (SSSR count). The van der Waals surface area contributed by atoms with Crippen LogP contribution in [0.2, 0.25) is 0 Å². The number of hydrogen-bond donors (Lipinski definition) is 1. The number of ether oxygens (including phenoxy) is 2. The lowest BCUT2D eigenvalue weighted by Gasteiger charge is -2.35. The number of carbonyl (C=O) groups excluding carboxylic acids is 3. The number of nitrogens with one attached hydrogen (secondary N) is 1. The van der Waals surface area contributed by atoms with Crippen molar-refractivity contribution in [3.8, 4) is 0 Å². The largest absolute Gasteiger partial charge is 0.445 e. The first-order valence-electron chi connectivity index (χ1n) is 17.2. The normalized spacial score (nSPS) is 19.8. The molecule has 12 heteroatoms. The van der Waals surface area contributed by atoms with Gasteiger partial charge in [-0.3, -0.25) is 4.79 Å². The summed E-state index contributed by atoms with van der Waals surface area (Å²) in [5.41, 5.74) is 2.61. The van der Waals surface area contributed by atoms with Crippen molar-refractivity contribution in [3.05, 3.63) is 95.3 Å². The zero-order valence-electron chi connectivity index (χ0n) is 29.8. The van der Waals surface area contributed by atoms with Crippen molar-refractivity contribution in [1.82, 2.24) is 29.7 Å². The van der Waals surface area contributed by atoms with Gasteiger partial charge in [-0.15, -0.1) is 0 Å². The standard InChI is InChI=1S/C38H47N7O5/c1-26-22-45-32(40-33(26)43-19-17-30(23-43)39-35(47)50-37(3,4)5)21-31(41-45)27(2)42(6)34(46)38(29-15-11-8-12-16-29)18-20-44(25-38)36(48)49-24-28-13-9-7-10-14-28/h7-16,21-22,27,30H,17-20,23-25H2,1-6H3,(H,39,47)/t27-,30-,38?/m0/s1. The molecular formula is C38H47N7O5. The van der Waals surface area contributed by atoms with E-state index in [2.05, 4.69) is 10.2 Å². The lowest BCUT2D eigenvalue weighted by atomic mass is 9.78. The van der Waals surface area contributed by atoms with Crippen molar-refractivity contribution in [2.75, 3.05) is 38.1 Å². The Balaban J connectivity index is 1.17. The number of aryl methyl sites for hydroxylation is 1. The fraction of sp³-hybridized carbons (Fsp3) is 0.447. The molecule has 2 aromatic heterocycles. The molecule has 12 nitrogen and oxygen atoms in total. The maximum atomic E-state index is 14.6. The molecule has 0 saturated carbocycles. The van der Waals surface area contributed by atoms with Crippen LogP contribution in [0.1, 0.15) is 69.0 Å². The van der Waals surface area contributed by atoms with E-state index in [0.717, 1.165) is 35.5 Å². The molecule has 0 radical (unpaired) electrons. The van der Waals surface area contributed by atoms with E-state index in [1.54, 1.807) is 21.4 Å². The summed E-state index contributed by atoms with van der Waals surface area (Å²) in [5, 5.41) is 7.81. The lowest BCUT2D eigenvalue weighted by molar-refractivity contribution is -0.137. The van der Waals surface area contributed by atoms with Gasteiger partial charge in [0.1, 0.15) is 18.0 Å². The Kier molecular flexibility index (Phi) is 9.73. The van der Waals surface area contributed by atoms with E-state index < -0.39 is 23.2 Å². The first-order valence-corrected chi connectivity index (χ1v) is 17.2. The molecule has 3 amide bonds. The molecule has 2 fully saturated rings. The number of carbonyl (C=O) groups is 3. The van der Waals surface area contributed by atoms with E-state index in [-0.39, 0.29) is 31.1 Å². The highest BCUT2D eigenvalue weighted by molar-refractivity contribution is 5.90. The minimum atomic E-state index is -0.934. The third kappa shape index (κ3) is 7.39. The fourth-order valence-electron chi connectivity index (χ4n) is 6.87. The third-order valence-corrected chi connectivity index (χ3v) is 9.63. The van der Waals surface area contributed by atoms with Gasteiger partial charge in [0.2, 0.25) is 5.91 Å². The molecule has 4 heterocycles. The highest BCUT2D eigenvalue weighted by Crippen LogP contribution is 2.38.